The Morgan fingerprint density at radius 3 is 2.59 bits per heavy atom. The summed E-state index contributed by atoms with van der Waals surface area (Å²) >= 11 is 1.38. The third kappa shape index (κ3) is 2.74. The Morgan fingerprint density at radius 1 is 1.18 bits per heavy atom. The molecule has 0 saturated carbocycles. The molecule has 4 heteroatoms. The largest absolute Gasteiger partial charge is 0.397 e. The molecular weight excluding hydrogens is 292 g/mol. The highest BCUT2D eigenvalue weighted by Crippen LogP contribution is 2.34. The van der Waals surface area contributed by atoms with Gasteiger partial charge in [0.2, 0.25) is 5.78 Å². The van der Waals surface area contributed by atoms with Gasteiger partial charge in [-0.3, -0.25) is 4.79 Å². The van der Waals surface area contributed by atoms with Crippen molar-refractivity contribution in [1.29, 1.82) is 0 Å². The maximum atomic E-state index is 12.6. The molecule has 2 aromatic heterocycles. The molecule has 0 radical (unpaired) electrons. The van der Waals surface area contributed by atoms with Gasteiger partial charge in [-0.15, -0.1) is 11.3 Å². The summed E-state index contributed by atoms with van der Waals surface area (Å²) in [5, 5.41) is 0.872. The van der Waals surface area contributed by atoms with Gasteiger partial charge in [0.15, 0.2) is 0 Å². The van der Waals surface area contributed by atoms with E-state index in [1.807, 2.05) is 42.5 Å². The van der Waals surface area contributed by atoms with E-state index < -0.39 is 0 Å². The Morgan fingerprint density at radius 2 is 1.91 bits per heavy atom. The zero-order valence-corrected chi connectivity index (χ0v) is 13.5. The van der Waals surface area contributed by atoms with Crippen molar-refractivity contribution in [2.45, 2.75) is 20.3 Å². The number of nitrogen functional groups attached to an aromatic ring is 1. The third-order valence-corrected chi connectivity index (χ3v) is 4.63. The van der Waals surface area contributed by atoms with E-state index >= 15 is 0 Å². The molecule has 0 aliphatic carbocycles. The first-order valence-corrected chi connectivity index (χ1v) is 8.15. The molecule has 22 heavy (non-hydrogen) atoms. The van der Waals surface area contributed by atoms with Crippen molar-refractivity contribution in [2.75, 3.05) is 5.73 Å². The topological polar surface area (TPSA) is 56.0 Å². The van der Waals surface area contributed by atoms with Crippen molar-refractivity contribution in [2.24, 2.45) is 5.92 Å². The Kier molecular flexibility index (Phi) is 3.94. The van der Waals surface area contributed by atoms with Gasteiger partial charge in [-0.05, 0) is 24.5 Å². The molecule has 0 unspecified atom stereocenters. The summed E-state index contributed by atoms with van der Waals surface area (Å²) in [6, 6.07) is 13.2. The fourth-order valence-corrected chi connectivity index (χ4v) is 3.53. The predicted molar refractivity (Wildman–Crippen MR) is 92.4 cm³/mol. The average Bonchev–Trinajstić information content (AvgIpc) is 2.83. The van der Waals surface area contributed by atoms with Crippen LogP contribution in [-0.4, -0.2) is 10.8 Å². The summed E-state index contributed by atoms with van der Waals surface area (Å²) in [4.78, 5) is 18.7. The SMILES string of the molecule is CC(C)Cc1ccc2c(N)c(C(=O)c3ccccc3)sc2n1. The maximum absolute atomic E-state index is 12.6. The van der Waals surface area contributed by atoms with Crippen LogP contribution in [0.25, 0.3) is 10.2 Å². The van der Waals surface area contributed by atoms with Crippen LogP contribution in [0.5, 0.6) is 0 Å². The summed E-state index contributed by atoms with van der Waals surface area (Å²) in [7, 11) is 0. The van der Waals surface area contributed by atoms with Gasteiger partial charge in [-0.1, -0.05) is 44.2 Å². The monoisotopic (exact) mass is 310 g/mol. The number of anilines is 1. The molecule has 112 valence electrons. The number of benzene rings is 1. The summed E-state index contributed by atoms with van der Waals surface area (Å²) in [6.45, 7) is 4.33. The Hall–Kier alpha value is -2.20. The summed E-state index contributed by atoms with van der Waals surface area (Å²) in [5.74, 6) is 0.513. The van der Waals surface area contributed by atoms with Crippen LogP contribution in [0.3, 0.4) is 0 Å². The lowest BCUT2D eigenvalue weighted by molar-refractivity contribution is 0.104. The van der Waals surface area contributed by atoms with E-state index in [1.165, 1.54) is 11.3 Å². The van der Waals surface area contributed by atoms with Crippen LogP contribution in [0.15, 0.2) is 42.5 Å². The molecule has 0 aliphatic heterocycles. The van der Waals surface area contributed by atoms with Gasteiger partial charge in [-0.25, -0.2) is 4.98 Å². The number of pyridine rings is 1. The van der Waals surface area contributed by atoms with Crippen LogP contribution in [0.4, 0.5) is 5.69 Å². The number of carbonyl (C=O) groups is 1. The molecule has 0 spiro atoms. The quantitative estimate of drug-likeness (QED) is 0.731. The van der Waals surface area contributed by atoms with Crippen LogP contribution in [-0.2, 0) is 6.42 Å². The smallest absolute Gasteiger partial charge is 0.205 e. The summed E-state index contributed by atoms with van der Waals surface area (Å²) in [6.07, 6.45) is 0.926. The molecule has 0 fully saturated rings. The van der Waals surface area contributed by atoms with Crippen molar-refractivity contribution >= 4 is 33.0 Å². The highest BCUT2D eigenvalue weighted by Gasteiger charge is 2.18. The van der Waals surface area contributed by atoms with Crippen LogP contribution >= 0.6 is 11.3 Å². The van der Waals surface area contributed by atoms with Crippen molar-refractivity contribution in [3.05, 3.63) is 58.6 Å². The standard InChI is InChI=1S/C18H18N2OS/c1-11(2)10-13-8-9-14-15(19)17(22-18(14)20-13)16(21)12-6-4-3-5-7-12/h3-9,11H,10,19H2,1-2H3. The second-order valence-electron chi connectivity index (χ2n) is 5.79. The minimum absolute atomic E-state index is 0.0356. The lowest BCUT2D eigenvalue weighted by Crippen LogP contribution is -2.01. The number of carbonyl (C=O) groups excluding carboxylic acids is 1. The van der Waals surface area contributed by atoms with E-state index in [4.69, 9.17) is 5.73 Å². The second kappa shape index (κ2) is 5.89. The minimum Gasteiger partial charge on any atom is -0.397 e. The maximum Gasteiger partial charge on any atom is 0.205 e. The third-order valence-electron chi connectivity index (χ3n) is 3.51. The van der Waals surface area contributed by atoms with Gasteiger partial charge < -0.3 is 5.73 Å². The van der Waals surface area contributed by atoms with Crippen LogP contribution in [0, 0.1) is 5.92 Å². The first-order valence-electron chi connectivity index (χ1n) is 7.34. The number of hydrogen-bond acceptors (Lipinski definition) is 4. The van der Waals surface area contributed by atoms with E-state index in [2.05, 4.69) is 18.8 Å². The number of rotatable bonds is 4. The molecule has 3 aromatic rings. The zero-order valence-electron chi connectivity index (χ0n) is 12.7. The van der Waals surface area contributed by atoms with Crippen LogP contribution in [0.2, 0.25) is 0 Å². The van der Waals surface area contributed by atoms with Gasteiger partial charge in [0.05, 0.1) is 5.69 Å². The first kappa shape index (κ1) is 14.7. The molecule has 2 heterocycles. The Bertz CT molecular complexity index is 822. The Balaban J connectivity index is 2.04. The summed E-state index contributed by atoms with van der Waals surface area (Å²) < 4.78 is 0. The van der Waals surface area contributed by atoms with Crippen LogP contribution in [0.1, 0.15) is 34.8 Å². The number of nitrogens with two attached hydrogens (primary N) is 1. The second-order valence-corrected chi connectivity index (χ2v) is 6.79. The van der Waals surface area contributed by atoms with Gasteiger partial charge in [-0.2, -0.15) is 0 Å². The molecule has 1 aromatic carbocycles. The highest BCUT2D eigenvalue weighted by molar-refractivity contribution is 7.21. The molecule has 0 bridgehead atoms. The molecule has 0 saturated heterocycles. The van der Waals surface area contributed by atoms with Crippen molar-refractivity contribution in [1.82, 2.24) is 4.98 Å². The van der Waals surface area contributed by atoms with Crippen molar-refractivity contribution in [3.8, 4) is 0 Å². The van der Waals surface area contributed by atoms with Crippen LogP contribution < -0.4 is 5.73 Å². The number of ketones is 1. The number of hydrogen-bond donors (Lipinski definition) is 1. The van der Waals surface area contributed by atoms with Gasteiger partial charge >= 0.3 is 0 Å². The first-order chi connectivity index (χ1) is 10.6. The number of aromatic nitrogens is 1. The number of fused-ring (bicyclic) bond motifs is 1. The van der Waals surface area contributed by atoms with E-state index in [9.17, 15) is 4.79 Å². The van der Waals surface area contributed by atoms with E-state index in [0.717, 1.165) is 22.3 Å². The zero-order chi connectivity index (χ0) is 15.7. The number of nitrogens with zero attached hydrogens (tertiary/aromatic N) is 1. The van der Waals surface area contributed by atoms with E-state index in [1.54, 1.807) is 0 Å². The molecule has 3 rings (SSSR count). The highest BCUT2D eigenvalue weighted by atomic mass is 32.1. The average molecular weight is 310 g/mol. The fourth-order valence-electron chi connectivity index (χ4n) is 2.46. The fraction of sp³-hybridized carbons (Fsp3) is 0.222. The normalized spacial score (nSPS) is 11.2. The van der Waals surface area contributed by atoms with Crippen molar-refractivity contribution < 1.29 is 4.79 Å². The lowest BCUT2D eigenvalue weighted by atomic mass is 10.1. The predicted octanol–water partition coefficient (Wildman–Crippen LogP) is 4.31. The minimum atomic E-state index is -0.0356. The molecule has 0 atom stereocenters. The Labute approximate surface area is 133 Å². The van der Waals surface area contributed by atoms with Gasteiger partial charge in [0, 0.05) is 16.6 Å². The van der Waals surface area contributed by atoms with Crippen molar-refractivity contribution in [3.63, 3.8) is 0 Å². The van der Waals surface area contributed by atoms with E-state index in [-0.39, 0.29) is 5.78 Å². The molecule has 0 aliphatic rings. The molecular formula is C18H18N2OS. The van der Waals surface area contributed by atoms with Gasteiger partial charge in [0.25, 0.3) is 0 Å². The number of thiophene rings is 1. The lowest BCUT2D eigenvalue weighted by Gasteiger charge is -2.03. The summed E-state index contributed by atoms with van der Waals surface area (Å²) in [5.41, 5.74) is 8.42. The molecule has 3 nitrogen and oxygen atoms in total. The van der Waals surface area contributed by atoms with E-state index in [0.29, 0.717) is 22.0 Å². The van der Waals surface area contributed by atoms with Gasteiger partial charge in [0.1, 0.15) is 9.71 Å². The molecule has 2 N–H and O–H groups in total. The molecule has 0 amide bonds.